The number of fused-ring (bicyclic) bond motifs is 1. The summed E-state index contributed by atoms with van der Waals surface area (Å²) in [7, 11) is 0. The van der Waals surface area contributed by atoms with Crippen LogP contribution < -0.4 is 5.32 Å². The molecule has 4 aliphatic rings. The summed E-state index contributed by atoms with van der Waals surface area (Å²) in [5.41, 5.74) is -0.254. The minimum absolute atomic E-state index is 0.0383. The molecule has 0 saturated carbocycles. The van der Waals surface area contributed by atoms with Crippen molar-refractivity contribution in [3.63, 3.8) is 0 Å². The summed E-state index contributed by atoms with van der Waals surface area (Å²) in [6, 6.07) is 1.90. The number of piperidine rings is 1. The van der Waals surface area contributed by atoms with E-state index in [-0.39, 0.29) is 36.2 Å². The molecule has 0 aliphatic carbocycles. The fourth-order valence-electron chi connectivity index (χ4n) is 4.94. The Labute approximate surface area is 189 Å². The lowest BCUT2D eigenvalue weighted by Crippen LogP contribution is -2.55. The highest BCUT2D eigenvalue weighted by Crippen LogP contribution is 2.39. The first kappa shape index (κ1) is 23.2. The second kappa shape index (κ2) is 8.78. The van der Waals surface area contributed by atoms with E-state index in [4.69, 9.17) is 18.9 Å². The van der Waals surface area contributed by atoms with Crippen molar-refractivity contribution in [2.24, 2.45) is 0 Å². The molecule has 5 atom stereocenters. The zero-order valence-corrected chi connectivity index (χ0v) is 19.3. The van der Waals surface area contributed by atoms with Crippen molar-refractivity contribution in [1.82, 2.24) is 15.1 Å². The molecular weight excluding hydrogens is 416 g/mol. The minimum Gasteiger partial charge on any atom is -0.440 e. The molecule has 4 rings (SSSR count). The monoisotopic (exact) mass is 450 g/mol. The molecule has 0 aromatic carbocycles. The fraction of sp³-hybridized carbons (Fsp3) is 0.864. The lowest BCUT2D eigenvalue weighted by Gasteiger charge is -2.40. The molecular formula is C22H34N4O6. The Hall–Kier alpha value is -1.93. The molecule has 4 fully saturated rings. The maximum absolute atomic E-state index is 12.8. The Balaban J connectivity index is 1.25. The number of rotatable bonds is 4. The van der Waals surface area contributed by atoms with Crippen LogP contribution in [-0.2, 0) is 23.7 Å². The molecule has 178 valence electrons. The summed E-state index contributed by atoms with van der Waals surface area (Å²) >= 11 is 0. The SMILES string of the molecule is C[C@H]1O[C@@H]2OC(C)(C)O[C@@H]2[C@H]1OC(=O)N1CCC(C)(NCC(=O)N2CCC[C@H]2C#N)CC1. The molecule has 2 amide bonds. The molecule has 4 heterocycles. The standard InChI is InChI=1S/C22H34N4O6/c1-14-17(18-19(29-14)32-21(2,3)31-18)30-20(28)25-10-7-22(4,8-11-25)24-13-16(27)26-9-5-6-15(26)12-23/h14-15,17-19,24H,5-11,13H2,1-4H3/t14-,15+,17+,18-,19-/m1/s1. The van der Waals surface area contributed by atoms with E-state index in [2.05, 4.69) is 18.3 Å². The van der Waals surface area contributed by atoms with Gasteiger partial charge in [0.1, 0.15) is 6.04 Å². The smallest absolute Gasteiger partial charge is 0.410 e. The van der Waals surface area contributed by atoms with Crippen molar-refractivity contribution in [2.45, 2.75) is 95.3 Å². The van der Waals surface area contributed by atoms with Crippen molar-refractivity contribution in [3.8, 4) is 6.07 Å². The average molecular weight is 451 g/mol. The highest BCUT2D eigenvalue weighted by Gasteiger charge is 2.55. The molecule has 0 aromatic heterocycles. The van der Waals surface area contributed by atoms with E-state index in [0.717, 1.165) is 12.8 Å². The van der Waals surface area contributed by atoms with Crippen LogP contribution in [0.5, 0.6) is 0 Å². The number of nitrogens with zero attached hydrogens (tertiary/aromatic N) is 3. The molecule has 0 aromatic rings. The molecule has 1 N–H and O–H groups in total. The summed E-state index contributed by atoms with van der Waals surface area (Å²) in [5.74, 6) is -0.804. The zero-order chi connectivity index (χ0) is 23.1. The predicted octanol–water partition coefficient (Wildman–Crippen LogP) is 1.35. The zero-order valence-electron chi connectivity index (χ0n) is 19.3. The highest BCUT2D eigenvalue weighted by atomic mass is 16.8. The Morgan fingerprint density at radius 1 is 1.19 bits per heavy atom. The first-order valence-electron chi connectivity index (χ1n) is 11.5. The number of nitrogens with one attached hydrogen (secondary N) is 1. The Kier molecular flexibility index (Phi) is 6.38. The third-order valence-electron chi connectivity index (χ3n) is 6.97. The molecule has 0 bridgehead atoms. The average Bonchev–Trinajstić information content (AvgIpc) is 3.40. The van der Waals surface area contributed by atoms with Gasteiger partial charge in [-0.3, -0.25) is 4.79 Å². The summed E-state index contributed by atoms with van der Waals surface area (Å²) in [6.07, 6.45) is 0.847. The maximum atomic E-state index is 12.8. The van der Waals surface area contributed by atoms with Crippen LogP contribution in [0.4, 0.5) is 4.79 Å². The van der Waals surface area contributed by atoms with Gasteiger partial charge >= 0.3 is 6.09 Å². The molecule has 0 spiro atoms. The first-order valence-corrected chi connectivity index (χ1v) is 11.5. The number of hydrogen-bond acceptors (Lipinski definition) is 8. The van der Waals surface area contributed by atoms with Gasteiger partial charge in [-0.15, -0.1) is 0 Å². The molecule has 4 saturated heterocycles. The molecule has 10 heteroatoms. The van der Waals surface area contributed by atoms with Gasteiger partial charge in [0.15, 0.2) is 24.3 Å². The van der Waals surface area contributed by atoms with Gasteiger partial charge in [-0.2, -0.15) is 5.26 Å². The summed E-state index contributed by atoms with van der Waals surface area (Å²) in [6.45, 7) is 9.44. The number of hydrogen-bond donors (Lipinski definition) is 1. The van der Waals surface area contributed by atoms with Crippen LogP contribution in [0.25, 0.3) is 0 Å². The second-order valence-corrected chi connectivity index (χ2v) is 9.93. The van der Waals surface area contributed by atoms with E-state index in [9.17, 15) is 14.9 Å². The number of carbonyl (C=O) groups excluding carboxylic acids is 2. The molecule has 0 radical (unpaired) electrons. The Bertz CT molecular complexity index is 775. The van der Waals surface area contributed by atoms with Crippen LogP contribution in [0.3, 0.4) is 0 Å². The number of ether oxygens (including phenoxy) is 4. The number of likely N-dealkylation sites (tertiary alicyclic amines) is 2. The molecule has 10 nitrogen and oxygen atoms in total. The van der Waals surface area contributed by atoms with Crippen molar-refractivity contribution >= 4 is 12.0 Å². The van der Waals surface area contributed by atoms with Gasteiger partial charge in [0.25, 0.3) is 0 Å². The van der Waals surface area contributed by atoms with Crippen LogP contribution in [0.15, 0.2) is 0 Å². The van der Waals surface area contributed by atoms with E-state index < -0.39 is 24.3 Å². The molecule has 0 unspecified atom stereocenters. The topological polar surface area (TPSA) is 113 Å². The van der Waals surface area contributed by atoms with E-state index in [1.165, 1.54) is 0 Å². The third-order valence-corrected chi connectivity index (χ3v) is 6.97. The third kappa shape index (κ3) is 4.71. The van der Waals surface area contributed by atoms with E-state index in [1.54, 1.807) is 9.80 Å². The summed E-state index contributed by atoms with van der Waals surface area (Å²) in [4.78, 5) is 28.7. The van der Waals surface area contributed by atoms with Gasteiger partial charge < -0.3 is 34.1 Å². The van der Waals surface area contributed by atoms with Crippen LogP contribution in [-0.4, -0.2) is 89.9 Å². The van der Waals surface area contributed by atoms with Crippen molar-refractivity contribution < 1.29 is 28.5 Å². The Morgan fingerprint density at radius 2 is 1.91 bits per heavy atom. The van der Waals surface area contributed by atoms with E-state index in [1.807, 2.05) is 20.8 Å². The summed E-state index contributed by atoms with van der Waals surface area (Å²) < 4.78 is 23.1. The second-order valence-electron chi connectivity index (χ2n) is 9.93. The van der Waals surface area contributed by atoms with Crippen molar-refractivity contribution in [1.29, 1.82) is 5.26 Å². The lowest BCUT2D eigenvalue weighted by atomic mass is 9.89. The van der Waals surface area contributed by atoms with Gasteiger partial charge in [-0.1, -0.05) is 0 Å². The Morgan fingerprint density at radius 3 is 2.59 bits per heavy atom. The normalized spacial score (nSPS) is 35.4. The van der Waals surface area contributed by atoms with Crippen LogP contribution in [0.1, 0.15) is 53.4 Å². The van der Waals surface area contributed by atoms with Crippen LogP contribution in [0, 0.1) is 11.3 Å². The van der Waals surface area contributed by atoms with Gasteiger partial charge in [0.2, 0.25) is 5.91 Å². The number of carbonyl (C=O) groups is 2. The lowest BCUT2D eigenvalue weighted by molar-refractivity contribution is -0.212. The quantitative estimate of drug-likeness (QED) is 0.683. The maximum Gasteiger partial charge on any atom is 0.410 e. The van der Waals surface area contributed by atoms with Gasteiger partial charge in [-0.05, 0) is 53.4 Å². The van der Waals surface area contributed by atoms with Crippen molar-refractivity contribution in [3.05, 3.63) is 0 Å². The molecule has 4 aliphatic heterocycles. The van der Waals surface area contributed by atoms with Crippen LogP contribution >= 0.6 is 0 Å². The predicted molar refractivity (Wildman–Crippen MR) is 112 cm³/mol. The number of nitriles is 1. The molecule has 32 heavy (non-hydrogen) atoms. The van der Waals surface area contributed by atoms with Gasteiger partial charge in [0, 0.05) is 25.2 Å². The van der Waals surface area contributed by atoms with Crippen LogP contribution in [0.2, 0.25) is 0 Å². The fourth-order valence-corrected chi connectivity index (χ4v) is 4.94. The largest absolute Gasteiger partial charge is 0.440 e. The summed E-state index contributed by atoms with van der Waals surface area (Å²) in [5, 5.41) is 12.6. The van der Waals surface area contributed by atoms with E-state index in [0.29, 0.717) is 32.5 Å². The van der Waals surface area contributed by atoms with E-state index >= 15 is 0 Å². The number of amides is 2. The first-order chi connectivity index (χ1) is 15.1. The van der Waals surface area contributed by atoms with Gasteiger partial charge in [-0.25, -0.2) is 4.79 Å². The minimum atomic E-state index is -0.765. The highest BCUT2D eigenvalue weighted by molar-refractivity contribution is 5.79. The van der Waals surface area contributed by atoms with Gasteiger partial charge in [0.05, 0.1) is 18.7 Å². The van der Waals surface area contributed by atoms with Crippen molar-refractivity contribution in [2.75, 3.05) is 26.2 Å².